The summed E-state index contributed by atoms with van der Waals surface area (Å²) in [6.45, 7) is 3.90. The summed E-state index contributed by atoms with van der Waals surface area (Å²) < 4.78 is 0. The Bertz CT molecular complexity index is 399. The Balaban J connectivity index is 2.00. The Hall–Kier alpha value is -1.69. The summed E-state index contributed by atoms with van der Waals surface area (Å²) in [6.07, 6.45) is 0.986. The number of aliphatic hydroxyl groups is 1. The van der Waals surface area contributed by atoms with Gasteiger partial charge in [0.05, 0.1) is 6.10 Å². The third-order valence-corrected chi connectivity index (χ3v) is 2.99. The lowest BCUT2D eigenvalue weighted by molar-refractivity contribution is 0.0540. The van der Waals surface area contributed by atoms with Gasteiger partial charge in [-0.15, -0.1) is 10.2 Å². The maximum Gasteiger partial charge on any atom is 0.274 e. The molecule has 1 fully saturated rings. The fourth-order valence-electron chi connectivity index (χ4n) is 1.95. The molecule has 2 N–H and O–H groups in total. The second-order valence-corrected chi connectivity index (χ2v) is 4.36. The first-order valence-electron chi connectivity index (χ1n) is 6.25. The van der Waals surface area contributed by atoms with Gasteiger partial charge in [-0.3, -0.25) is 4.79 Å². The molecule has 0 spiro atoms. The van der Waals surface area contributed by atoms with E-state index in [9.17, 15) is 9.90 Å². The van der Waals surface area contributed by atoms with Crippen molar-refractivity contribution in [3.8, 4) is 0 Å². The Morgan fingerprint density at radius 1 is 1.44 bits per heavy atom. The summed E-state index contributed by atoms with van der Waals surface area (Å²) in [5, 5.41) is 20.3. The number of carbonyl (C=O) groups excluding carboxylic acids is 1. The normalized spacial score (nSPS) is 16.7. The van der Waals surface area contributed by atoms with Crippen LogP contribution in [0.3, 0.4) is 0 Å². The van der Waals surface area contributed by atoms with Crippen molar-refractivity contribution in [2.24, 2.45) is 0 Å². The van der Waals surface area contributed by atoms with Crippen LogP contribution >= 0.6 is 0 Å². The molecule has 1 aliphatic heterocycles. The van der Waals surface area contributed by atoms with Crippen molar-refractivity contribution in [1.82, 2.24) is 15.1 Å². The SMILES string of the molecule is CCNc1ccc(C(=O)N2CCC(O)CC2)nn1. The van der Waals surface area contributed by atoms with E-state index < -0.39 is 0 Å². The van der Waals surface area contributed by atoms with Crippen LogP contribution < -0.4 is 5.32 Å². The predicted molar refractivity (Wildman–Crippen MR) is 67.3 cm³/mol. The number of hydrogen-bond donors (Lipinski definition) is 2. The molecule has 18 heavy (non-hydrogen) atoms. The molecule has 0 aromatic carbocycles. The molecule has 1 aromatic rings. The number of amides is 1. The van der Waals surface area contributed by atoms with Crippen molar-refractivity contribution in [1.29, 1.82) is 0 Å². The van der Waals surface area contributed by atoms with Crippen molar-refractivity contribution in [3.05, 3.63) is 17.8 Å². The molecule has 0 unspecified atom stereocenters. The average molecular weight is 250 g/mol. The first-order chi connectivity index (χ1) is 8.70. The number of nitrogens with one attached hydrogen (secondary N) is 1. The average Bonchev–Trinajstić information content (AvgIpc) is 2.40. The number of piperidine rings is 1. The van der Waals surface area contributed by atoms with Gasteiger partial charge < -0.3 is 15.3 Å². The van der Waals surface area contributed by atoms with Gasteiger partial charge in [0.25, 0.3) is 5.91 Å². The third-order valence-electron chi connectivity index (χ3n) is 2.99. The molecule has 6 heteroatoms. The Labute approximate surface area is 106 Å². The van der Waals surface area contributed by atoms with Crippen LogP contribution in [0.5, 0.6) is 0 Å². The Morgan fingerprint density at radius 2 is 2.17 bits per heavy atom. The molecule has 0 saturated carbocycles. The highest BCUT2D eigenvalue weighted by atomic mass is 16.3. The van der Waals surface area contributed by atoms with Gasteiger partial charge in [-0.05, 0) is 31.9 Å². The fraction of sp³-hybridized carbons (Fsp3) is 0.583. The molecule has 0 radical (unpaired) electrons. The van der Waals surface area contributed by atoms with Crippen molar-refractivity contribution in [3.63, 3.8) is 0 Å². The summed E-state index contributed by atoms with van der Waals surface area (Å²) in [5.41, 5.74) is 0.355. The summed E-state index contributed by atoms with van der Waals surface area (Å²) in [6, 6.07) is 3.43. The van der Waals surface area contributed by atoms with Crippen LogP contribution in [0.2, 0.25) is 0 Å². The summed E-state index contributed by atoms with van der Waals surface area (Å²) >= 11 is 0. The van der Waals surface area contributed by atoms with Gasteiger partial charge in [-0.25, -0.2) is 0 Å². The van der Waals surface area contributed by atoms with Crippen LogP contribution in [-0.2, 0) is 0 Å². The topological polar surface area (TPSA) is 78.4 Å². The van der Waals surface area contributed by atoms with E-state index in [1.807, 2.05) is 6.92 Å². The van der Waals surface area contributed by atoms with E-state index in [4.69, 9.17) is 0 Å². The zero-order valence-corrected chi connectivity index (χ0v) is 10.5. The van der Waals surface area contributed by atoms with Crippen molar-refractivity contribution in [2.75, 3.05) is 25.0 Å². The zero-order chi connectivity index (χ0) is 13.0. The van der Waals surface area contributed by atoms with Crippen molar-refractivity contribution >= 4 is 11.7 Å². The molecule has 0 atom stereocenters. The Morgan fingerprint density at radius 3 is 2.72 bits per heavy atom. The molecule has 6 nitrogen and oxygen atoms in total. The second-order valence-electron chi connectivity index (χ2n) is 4.36. The van der Waals surface area contributed by atoms with Crippen LogP contribution in [0.4, 0.5) is 5.82 Å². The highest BCUT2D eigenvalue weighted by molar-refractivity contribution is 5.92. The van der Waals surface area contributed by atoms with Crippen molar-refractivity contribution in [2.45, 2.75) is 25.9 Å². The highest BCUT2D eigenvalue weighted by Crippen LogP contribution is 2.13. The van der Waals surface area contributed by atoms with Crippen molar-refractivity contribution < 1.29 is 9.90 Å². The lowest BCUT2D eigenvalue weighted by Gasteiger charge is -2.29. The molecular formula is C12H18N4O2. The quantitative estimate of drug-likeness (QED) is 0.817. The zero-order valence-electron chi connectivity index (χ0n) is 10.5. The standard InChI is InChI=1S/C12H18N4O2/c1-2-13-11-4-3-10(14-15-11)12(18)16-7-5-9(17)6-8-16/h3-4,9,17H,2,5-8H2,1H3,(H,13,15). The summed E-state index contributed by atoms with van der Waals surface area (Å²) in [4.78, 5) is 13.8. The smallest absolute Gasteiger partial charge is 0.274 e. The van der Waals surface area contributed by atoms with Gasteiger partial charge in [0, 0.05) is 19.6 Å². The van der Waals surface area contributed by atoms with E-state index in [1.54, 1.807) is 17.0 Å². The molecule has 1 aliphatic rings. The molecule has 1 saturated heterocycles. The lowest BCUT2D eigenvalue weighted by atomic mass is 10.1. The van der Waals surface area contributed by atoms with Crippen LogP contribution in [0.15, 0.2) is 12.1 Å². The number of likely N-dealkylation sites (tertiary alicyclic amines) is 1. The van der Waals surface area contributed by atoms with Gasteiger partial charge in [0.15, 0.2) is 5.69 Å². The van der Waals surface area contributed by atoms with E-state index in [0.717, 1.165) is 6.54 Å². The summed E-state index contributed by atoms with van der Waals surface area (Å²) in [7, 11) is 0. The fourth-order valence-corrected chi connectivity index (χ4v) is 1.95. The van der Waals surface area contributed by atoms with E-state index in [0.29, 0.717) is 37.4 Å². The molecule has 98 valence electrons. The first kappa shape index (κ1) is 12.8. The predicted octanol–water partition coefficient (Wildman–Crippen LogP) is 0.505. The van der Waals surface area contributed by atoms with Crippen LogP contribution in [0.1, 0.15) is 30.3 Å². The van der Waals surface area contributed by atoms with Gasteiger partial charge in [-0.2, -0.15) is 0 Å². The largest absolute Gasteiger partial charge is 0.393 e. The number of hydrogen-bond acceptors (Lipinski definition) is 5. The number of aromatic nitrogens is 2. The third kappa shape index (κ3) is 2.95. The minimum atomic E-state index is -0.281. The van der Waals surface area contributed by atoms with E-state index in [-0.39, 0.29) is 12.0 Å². The van der Waals surface area contributed by atoms with E-state index in [1.165, 1.54) is 0 Å². The van der Waals surface area contributed by atoms with Crippen LogP contribution in [0.25, 0.3) is 0 Å². The number of aliphatic hydroxyl groups excluding tert-OH is 1. The van der Waals surface area contributed by atoms with Gasteiger partial charge in [-0.1, -0.05) is 0 Å². The monoisotopic (exact) mass is 250 g/mol. The molecule has 2 rings (SSSR count). The van der Waals surface area contributed by atoms with Gasteiger partial charge in [0.2, 0.25) is 0 Å². The van der Waals surface area contributed by atoms with Crippen LogP contribution in [0, 0.1) is 0 Å². The molecule has 1 amide bonds. The number of rotatable bonds is 3. The second kappa shape index (κ2) is 5.77. The molecule has 2 heterocycles. The number of anilines is 1. The molecule has 0 aliphatic carbocycles. The minimum absolute atomic E-state index is 0.113. The lowest BCUT2D eigenvalue weighted by Crippen LogP contribution is -2.40. The maximum atomic E-state index is 12.1. The summed E-state index contributed by atoms with van der Waals surface area (Å²) in [5.74, 6) is 0.556. The number of nitrogens with zero attached hydrogens (tertiary/aromatic N) is 3. The van der Waals surface area contributed by atoms with Gasteiger partial charge >= 0.3 is 0 Å². The molecule has 1 aromatic heterocycles. The first-order valence-corrected chi connectivity index (χ1v) is 6.25. The van der Waals surface area contributed by atoms with E-state index >= 15 is 0 Å². The maximum absolute atomic E-state index is 12.1. The van der Waals surface area contributed by atoms with Gasteiger partial charge in [0.1, 0.15) is 5.82 Å². The van der Waals surface area contributed by atoms with E-state index in [2.05, 4.69) is 15.5 Å². The molecular weight excluding hydrogens is 232 g/mol. The van der Waals surface area contributed by atoms with Crippen LogP contribution in [-0.4, -0.2) is 51.8 Å². The molecule has 0 bridgehead atoms. The minimum Gasteiger partial charge on any atom is -0.393 e. The number of carbonyl (C=O) groups is 1. The Kier molecular flexibility index (Phi) is 4.09. The highest BCUT2D eigenvalue weighted by Gasteiger charge is 2.23.